The minimum Gasteiger partial charge on any atom is -0.310 e. The lowest BCUT2D eigenvalue weighted by molar-refractivity contribution is 0.479. The highest BCUT2D eigenvalue weighted by atomic mass is 32.2. The van der Waals surface area contributed by atoms with Crippen LogP contribution in [0.15, 0.2) is 0 Å². The third kappa shape index (κ3) is 4.06. The summed E-state index contributed by atoms with van der Waals surface area (Å²) in [6, 6.07) is 1.53. The van der Waals surface area contributed by atoms with E-state index in [1.54, 1.807) is 0 Å². The van der Waals surface area contributed by atoms with Crippen molar-refractivity contribution in [1.82, 2.24) is 5.32 Å². The van der Waals surface area contributed by atoms with Gasteiger partial charge < -0.3 is 5.32 Å². The number of rotatable bonds is 6. The molecule has 1 unspecified atom stereocenters. The molecule has 1 aliphatic rings. The molecule has 1 atom stereocenters. The zero-order valence-corrected chi connectivity index (χ0v) is 9.64. The highest BCUT2D eigenvalue weighted by molar-refractivity contribution is 8.00. The molecular formula is C9H19NS2. The van der Waals surface area contributed by atoms with Crippen LogP contribution in [0.25, 0.3) is 0 Å². The predicted molar refractivity (Wildman–Crippen MR) is 61.3 cm³/mol. The Morgan fingerprint density at radius 2 is 2.33 bits per heavy atom. The molecule has 1 aliphatic heterocycles. The van der Waals surface area contributed by atoms with Crippen molar-refractivity contribution in [2.75, 3.05) is 23.0 Å². The minimum absolute atomic E-state index is 0.718. The van der Waals surface area contributed by atoms with Crippen molar-refractivity contribution in [1.29, 1.82) is 0 Å². The van der Waals surface area contributed by atoms with Gasteiger partial charge in [0, 0.05) is 23.6 Å². The second kappa shape index (κ2) is 6.17. The average molecular weight is 205 g/mol. The molecule has 0 bridgehead atoms. The monoisotopic (exact) mass is 205 g/mol. The molecule has 1 saturated heterocycles. The van der Waals surface area contributed by atoms with E-state index in [4.69, 9.17) is 0 Å². The van der Waals surface area contributed by atoms with Crippen LogP contribution in [0.2, 0.25) is 0 Å². The standard InChI is InChI=1S/C9H19NS2/c1-3-11-5-4-8(2)10-9-6-12-7-9/h8-10H,3-7H2,1-2H3. The van der Waals surface area contributed by atoms with Gasteiger partial charge in [-0.1, -0.05) is 6.92 Å². The van der Waals surface area contributed by atoms with Crippen LogP contribution in [-0.2, 0) is 0 Å². The second-order valence-electron chi connectivity index (χ2n) is 3.29. The average Bonchev–Trinajstić information content (AvgIpc) is 1.98. The third-order valence-electron chi connectivity index (χ3n) is 2.06. The number of thioether (sulfide) groups is 2. The summed E-state index contributed by atoms with van der Waals surface area (Å²) in [5, 5.41) is 3.64. The van der Waals surface area contributed by atoms with Crippen molar-refractivity contribution in [3.05, 3.63) is 0 Å². The van der Waals surface area contributed by atoms with Gasteiger partial charge in [0.05, 0.1) is 0 Å². The summed E-state index contributed by atoms with van der Waals surface area (Å²) in [7, 11) is 0. The molecule has 72 valence electrons. The first-order valence-electron chi connectivity index (χ1n) is 4.74. The molecule has 12 heavy (non-hydrogen) atoms. The maximum absolute atomic E-state index is 3.64. The normalized spacial score (nSPS) is 20.5. The van der Waals surface area contributed by atoms with E-state index >= 15 is 0 Å². The van der Waals surface area contributed by atoms with E-state index in [0.717, 1.165) is 12.1 Å². The van der Waals surface area contributed by atoms with Gasteiger partial charge in [0.2, 0.25) is 0 Å². The minimum atomic E-state index is 0.718. The second-order valence-corrected chi connectivity index (χ2v) is 5.76. The zero-order valence-electron chi connectivity index (χ0n) is 8.01. The molecule has 0 aromatic rings. The fourth-order valence-corrected chi connectivity index (χ4v) is 2.69. The summed E-state index contributed by atoms with van der Waals surface area (Å²) < 4.78 is 0. The number of nitrogens with one attached hydrogen (secondary N) is 1. The summed E-state index contributed by atoms with van der Waals surface area (Å²) >= 11 is 4.09. The molecule has 1 nitrogen and oxygen atoms in total. The van der Waals surface area contributed by atoms with Crippen molar-refractivity contribution in [2.24, 2.45) is 0 Å². The van der Waals surface area contributed by atoms with E-state index in [2.05, 4.69) is 19.2 Å². The summed E-state index contributed by atoms with van der Waals surface area (Å²) in [4.78, 5) is 0. The van der Waals surface area contributed by atoms with Gasteiger partial charge in [-0.05, 0) is 24.9 Å². The number of hydrogen-bond donors (Lipinski definition) is 1. The summed E-state index contributed by atoms with van der Waals surface area (Å²) in [5.74, 6) is 5.22. The Balaban J connectivity index is 1.91. The van der Waals surface area contributed by atoms with Crippen molar-refractivity contribution in [3.63, 3.8) is 0 Å². The van der Waals surface area contributed by atoms with Crippen LogP contribution in [0.3, 0.4) is 0 Å². The molecule has 1 N–H and O–H groups in total. The first kappa shape index (κ1) is 10.7. The molecule has 0 saturated carbocycles. The molecule has 0 spiro atoms. The fraction of sp³-hybridized carbons (Fsp3) is 1.00. The largest absolute Gasteiger partial charge is 0.310 e. The number of hydrogen-bond acceptors (Lipinski definition) is 3. The molecular weight excluding hydrogens is 186 g/mol. The lowest BCUT2D eigenvalue weighted by Crippen LogP contribution is -2.45. The van der Waals surface area contributed by atoms with Gasteiger partial charge in [0.25, 0.3) is 0 Å². The maximum atomic E-state index is 3.64. The van der Waals surface area contributed by atoms with Crippen LogP contribution in [0.5, 0.6) is 0 Å². The van der Waals surface area contributed by atoms with Gasteiger partial charge >= 0.3 is 0 Å². The van der Waals surface area contributed by atoms with E-state index < -0.39 is 0 Å². The van der Waals surface area contributed by atoms with Crippen LogP contribution >= 0.6 is 23.5 Å². The molecule has 3 heteroatoms. The van der Waals surface area contributed by atoms with Gasteiger partial charge in [-0.3, -0.25) is 0 Å². The van der Waals surface area contributed by atoms with Crippen molar-refractivity contribution in [3.8, 4) is 0 Å². The van der Waals surface area contributed by atoms with Crippen LogP contribution < -0.4 is 5.32 Å². The van der Waals surface area contributed by atoms with E-state index in [9.17, 15) is 0 Å². The quantitative estimate of drug-likeness (QED) is 0.668. The van der Waals surface area contributed by atoms with E-state index in [1.165, 1.54) is 29.4 Å². The Hall–Kier alpha value is 0.660. The van der Waals surface area contributed by atoms with E-state index in [0.29, 0.717) is 0 Å². The molecule has 0 aromatic carbocycles. The lowest BCUT2D eigenvalue weighted by Gasteiger charge is -2.29. The van der Waals surface area contributed by atoms with Crippen molar-refractivity contribution >= 4 is 23.5 Å². The Morgan fingerprint density at radius 3 is 2.83 bits per heavy atom. The van der Waals surface area contributed by atoms with Crippen molar-refractivity contribution < 1.29 is 0 Å². The van der Waals surface area contributed by atoms with Gasteiger partial charge in [-0.2, -0.15) is 23.5 Å². The van der Waals surface area contributed by atoms with Crippen LogP contribution in [0.4, 0.5) is 0 Å². The molecule has 1 fully saturated rings. The maximum Gasteiger partial charge on any atom is 0.0251 e. The molecule has 1 heterocycles. The van der Waals surface area contributed by atoms with Gasteiger partial charge in [0.1, 0.15) is 0 Å². The first-order valence-corrected chi connectivity index (χ1v) is 7.05. The predicted octanol–water partition coefficient (Wildman–Crippen LogP) is 2.22. The Bertz CT molecular complexity index is 115. The van der Waals surface area contributed by atoms with Gasteiger partial charge in [-0.25, -0.2) is 0 Å². The van der Waals surface area contributed by atoms with E-state index in [1.807, 2.05) is 23.5 Å². The highest BCUT2D eigenvalue weighted by Crippen LogP contribution is 2.18. The first-order chi connectivity index (χ1) is 5.83. The Kier molecular flexibility index (Phi) is 5.52. The smallest absolute Gasteiger partial charge is 0.0251 e. The van der Waals surface area contributed by atoms with Crippen LogP contribution in [0.1, 0.15) is 20.3 Å². The van der Waals surface area contributed by atoms with E-state index in [-0.39, 0.29) is 0 Å². The SMILES string of the molecule is CCSCCC(C)NC1CSC1. The van der Waals surface area contributed by atoms with Gasteiger partial charge in [-0.15, -0.1) is 0 Å². The highest BCUT2D eigenvalue weighted by Gasteiger charge is 2.18. The topological polar surface area (TPSA) is 12.0 Å². The fourth-order valence-electron chi connectivity index (χ4n) is 1.22. The Labute approximate surface area is 84.4 Å². The van der Waals surface area contributed by atoms with Gasteiger partial charge in [0.15, 0.2) is 0 Å². The van der Waals surface area contributed by atoms with Crippen LogP contribution in [0, 0.1) is 0 Å². The zero-order chi connectivity index (χ0) is 8.81. The third-order valence-corrected chi connectivity index (χ3v) is 4.27. The molecule has 0 aliphatic carbocycles. The summed E-state index contributed by atoms with van der Waals surface area (Å²) in [5.41, 5.74) is 0. The molecule has 1 rings (SSSR count). The molecule has 0 amide bonds. The lowest BCUT2D eigenvalue weighted by atomic mass is 10.2. The van der Waals surface area contributed by atoms with Crippen LogP contribution in [-0.4, -0.2) is 35.1 Å². The summed E-state index contributed by atoms with van der Waals surface area (Å²) in [6.45, 7) is 4.53. The molecule has 0 aromatic heterocycles. The summed E-state index contributed by atoms with van der Waals surface area (Å²) in [6.07, 6.45) is 1.32. The molecule has 0 radical (unpaired) electrons. The Morgan fingerprint density at radius 1 is 1.58 bits per heavy atom. The van der Waals surface area contributed by atoms with Crippen molar-refractivity contribution in [2.45, 2.75) is 32.4 Å².